The second-order valence-electron chi connectivity index (χ2n) is 11.2. The van der Waals surface area contributed by atoms with E-state index in [1.165, 1.54) is 18.8 Å². The molecule has 0 radical (unpaired) electrons. The normalized spacial score (nSPS) is 46.3. The number of rotatable bonds is 3. The Morgan fingerprint density at radius 2 is 1.97 bits per heavy atom. The van der Waals surface area contributed by atoms with Crippen molar-refractivity contribution in [3.05, 3.63) is 47.5 Å². The number of ether oxygens (including phenoxy) is 3. The van der Waals surface area contributed by atoms with Crippen LogP contribution in [-0.2, 0) is 28.6 Å². The first kappa shape index (κ1) is 21.8. The van der Waals surface area contributed by atoms with E-state index in [-0.39, 0.29) is 36.2 Å². The first-order valence-corrected chi connectivity index (χ1v) is 12.0. The van der Waals surface area contributed by atoms with Gasteiger partial charge in [-0.3, -0.25) is 14.4 Å². The Morgan fingerprint density at radius 3 is 2.65 bits per heavy atom. The number of carbonyl (C=O) groups excluding carboxylic acids is 3. The molecule has 1 aromatic heterocycles. The van der Waals surface area contributed by atoms with Gasteiger partial charge in [0.05, 0.1) is 37.6 Å². The smallest absolute Gasteiger partial charge is 0.316 e. The molecule has 6 rings (SSSR count). The third kappa shape index (κ3) is 2.34. The molecule has 2 saturated heterocycles. The summed E-state index contributed by atoms with van der Waals surface area (Å²) >= 11 is 0. The van der Waals surface area contributed by atoms with E-state index in [0.29, 0.717) is 0 Å². The molecule has 0 amide bonds. The third-order valence-electron chi connectivity index (χ3n) is 9.91. The maximum atomic E-state index is 13.7. The largest absolute Gasteiger partial charge is 0.472 e. The van der Waals surface area contributed by atoms with Gasteiger partial charge in [0.25, 0.3) is 0 Å². The van der Waals surface area contributed by atoms with Gasteiger partial charge < -0.3 is 18.6 Å². The number of hydrogen-bond acceptors (Lipinski definition) is 7. The van der Waals surface area contributed by atoms with Crippen LogP contribution < -0.4 is 0 Å². The maximum absolute atomic E-state index is 13.7. The zero-order valence-electron chi connectivity index (χ0n) is 20.1. The van der Waals surface area contributed by atoms with Crippen LogP contribution in [0.1, 0.15) is 52.0 Å². The van der Waals surface area contributed by atoms with Crippen molar-refractivity contribution in [3.8, 4) is 0 Å². The summed E-state index contributed by atoms with van der Waals surface area (Å²) in [6.45, 7) is 7.96. The van der Waals surface area contributed by atoms with Gasteiger partial charge in [0.2, 0.25) is 0 Å². The van der Waals surface area contributed by atoms with Gasteiger partial charge in [-0.15, -0.1) is 0 Å². The van der Waals surface area contributed by atoms with Crippen LogP contribution >= 0.6 is 0 Å². The van der Waals surface area contributed by atoms with Crippen LogP contribution in [0.5, 0.6) is 0 Å². The van der Waals surface area contributed by atoms with E-state index >= 15 is 0 Å². The molecule has 9 atom stereocenters. The second-order valence-corrected chi connectivity index (χ2v) is 11.2. The number of ketones is 1. The Hall–Kier alpha value is -2.67. The molecule has 34 heavy (non-hydrogen) atoms. The summed E-state index contributed by atoms with van der Waals surface area (Å²) in [5.74, 6) is -1.46. The topological polar surface area (TPSA) is 92.0 Å². The van der Waals surface area contributed by atoms with Crippen LogP contribution in [-0.4, -0.2) is 43.1 Å². The highest BCUT2D eigenvalue weighted by molar-refractivity contribution is 6.00. The monoisotopic (exact) mass is 466 g/mol. The van der Waals surface area contributed by atoms with Gasteiger partial charge >= 0.3 is 11.9 Å². The lowest BCUT2D eigenvalue weighted by molar-refractivity contribution is -0.190. The molecular weight excluding hydrogens is 436 g/mol. The van der Waals surface area contributed by atoms with Gasteiger partial charge in [-0.2, -0.15) is 0 Å². The number of furan rings is 1. The van der Waals surface area contributed by atoms with Crippen molar-refractivity contribution in [2.24, 2.45) is 28.1 Å². The highest BCUT2D eigenvalue weighted by Crippen LogP contribution is 2.72. The van der Waals surface area contributed by atoms with Gasteiger partial charge in [-0.25, -0.2) is 0 Å². The van der Waals surface area contributed by atoms with Crippen molar-refractivity contribution in [3.63, 3.8) is 0 Å². The van der Waals surface area contributed by atoms with E-state index < -0.39 is 40.3 Å². The lowest BCUT2D eigenvalue weighted by Gasteiger charge is -2.59. The number of allylic oxidation sites excluding steroid dienone is 2. The van der Waals surface area contributed by atoms with Crippen molar-refractivity contribution in [1.29, 1.82) is 0 Å². The number of carbonyl (C=O) groups is 3. The van der Waals surface area contributed by atoms with Crippen molar-refractivity contribution in [1.82, 2.24) is 0 Å². The first-order chi connectivity index (χ1) is 16.1. The molecule has 0 N–H and O–H groups in total. The van der Waals surface area contributed by atoms with Gasteiger partial charge in [0.1, 0.15) is 12.2 Å². The highest BCUT2D eigenvalue weighted by atomic mass is 16.6. The van der Waals surface area contributed by atoms with Crippen LogP contribution in [0.25, 0.3) is 0 Å². The molecule has 7 heteroatoms. The fraction of sp³-hybridized carbons (Fsp3) is 0.593. The fourth-order valence-electron chi connectivity index (χ4n) is 8.41. The van der Waals surface area contributed by atoms with Crippen molar-refractivity contribution in [2.45, 2.75) is 64.8 Å². The zero-order chi connectivity index (χ0) is 24.2. The molecule has 3 aliphatic carbocycles. The summed E-state index contributed by atoms with van der Waals surface area (Å²) in [5, 5.41) is 0. The van der Waals surface area contributed by atoms with Crippen molar-refractivity contribution < 1.29 is 33.0 Å². The van der Waals surface area contributed by atoms with E-state index in [9.17, 15) is 14.4 Å². The molecule has 0 unspecified atom stereocenters. The van der Waals surface area contributed by atoms with E-state index in [2.05, 4.69) is 13.8 Å². The van der Waals surface area contributed by atoms with Gasteiger partial charge in [0.15, 0.2) is 5.78 Å². The summed E-state index contributed by atoms with van der Waals surface area (Å²) in [5.41, 5.74) is 0.794. The number of methoxy groups -OCH3 is 1. The summed E-state index contributed by atoms with van der Waals surface area (Å²) in [7, 11) is 1.37. The summed E-state index contributed by atoms with van der Waals surface area (Å²) in [4.78, 5) is 39.6. The molecule has 0 spiro atoms. The van der Waals surface area contributed by atoms with Crippen molar-refractivity contribution >= 4 is 17.7 Å². The van der Waals surface area contributed by atoms with Crippen LogP contribution in [0, 0.1) is 28.1 Å². The third-order valence-corrected chi connectivity index (χ3v) is 9.91. The molecule has 5 aliphatic rings. The molecule has 0 bridgehead atoms. The van der Waals surface area contributed by atoms with E-state index in [0.717, 1.165) is 17.6 Å². The Morgan fingerprint density at radius 1 is 1.21 bits per heavy atom. The van der Waals surface area contributed by atoms with Crippen LogP contribution in [0.15, 0.2) is 46.3 Å². The SMILES string of the molecule is COC(=O)C[C@H]1[C@]2(C)C3=C(C)[C@H](c4ccoc4)C[C@@H]3O[C@@H]2[C@@H]2OC(=O)[C@]3(C)C=CC(=O)[C@@]1(C)[C@@H]23. The molecule has 1 saturated carbocycles. The number of fused-ring (bicyclic) bond motifs is 4. The predicted octanol–water partition coefficient (Wildman–Crippen LogP) is 3.74. The average molecular weight is 467 g/mol. The predicted molar refractivity (Wildman–Crippen MR) is 119 cm³/mol. The van der Waals surface area contributed by atoms with Crippen LogP contribution in [0.4, 0.5) is 0 Å². The maximum Gasteiger partial charge on any atom is 0.316 e. The van der Waals surface area contributed by atoms with E-state index in [1.807, 2.05) is 19.9 Å². The van der Waals surface area contributed by atoms with Gasteiger partial charge in [-0.1, -0.05) is 25.5 Å². The molecule has 180 valence electrons. The minimum Gasteiger partial charge on any atom is -0.472 e. The average Bonchev–Trinajstić information content (AvgIpc) is 3.54. The Balaban J connectivity index is 1.58. The minimum atomic E-state index is -0.987. The molecule has 0 aromatic carbocycles. The zero-order valence-corrected chi connectivity index (χ0v) is 20.1. The molecule has 3 fully saturated rings. The summed E-state index contributed by atoms with van der Waals surface area (Å²) in [6, 6.07) is 1.97. The fourth-order valence-corrected chi connectivity index (χ4v) is 8.41. The van der Waals surface area contributed by atoms with Crippen molar-refractivity contribution in [2.75, 3.05) is 7.11 Å². The van der Waals surface area contributed by atoms with E-state index in [1.54, 1.807) is 18.6 Å². The number of esters is 2. The highest BCUT2D eigenvalue weighted by Gasteiger charge is 2.77. The minimum absolute atomic E-state index is 0.0658. The molecule has 7 nitrogen and oxygen atoms in total. The summed E-state index contributed by atoms with van der Waals surface area (Å²) in [6.07, 6.45) is 6.29. The lowest BCUT2D eigenvalue weighted by atomic mass is 9.42. The first-order valence-electron chi connectivity index (χ1n) is 12.0. The second kappa shape index (κ2) is 6.72. The standard InChI is InChI=1S/C27H30O7/c1-13-15(14-7-9-32-12-14)10-16-20(13)27(4)17(11-19(29)31-5)26(3)18(28)6-8-25(2)22(26)21(23(27)33-16)34-24(25)30/h6-9,12,15-17,21-23H,10-11H2,1-5H3/t15-,16+,17-,21-,22+,23-,25-,26+,27-/m1/s1. The quantitative estimate of drug-likeness (QED) is 0.495. The lowest BCUT2D eigenvalue weighted by Crippen LogP contribution is -2.66. The molecule has 2 aliphatic heterocycles. The van der Waals surface area contributed by atoms with Gasteiger partial charge in [-0.05, 0) is 49.5 Å². The Bertz CT molecular complexity index is 1160. The Labute approximate surface area is 198 Å². The molecule has 1 aromatic rings. The van der Waals surface area contributed by atoms with Crippen LogP contribution in [0.2, 0.25) is 0 Å². The molecular formula is C27H30O7. The number of hydrogen-bond donors (Lipinski definition) is 0. The Kier molecular flexibility index (Phi) is 4.31. The van der Waals surface area contributed by atoms with Gasteiger partial charge in [0, 0.05) is 22.7 Å². The summed E-state index contributed by atoms with van der Waals surface area (Å²) < 4.78 is 23.2. The molecule has 3 heterocycles. The van der Waals surface area contributed by atoms with E-state index in [4.69, 9.17) is 18.6 Å². The van der Waals surface area contributed by atoms with Crippen LogP contribution in [0.3, 0.4) is 0 Å².